The molecule has 0 spiro atoms. The zero-order valence-corrected chi connectivity index (χ0v) is 10.8. The van der Waals surface area contributed by atoms with Crippen molar-refractivity contribution >= 4 is 0 Å². The number of hydrogen-bond donors (Lipinski definition) is 1. The molecule has 2 aromatic carbocycles. The fourth-order valence-electron chi connectivity index (χ4n) is 2.32. The van der Waals surface area contributed by atoms with Crippen LogP contribution in [0.25, 0.3) is 22.4 Å². The fourth-order valence-corrected chi connectivity index (χ4v) is 2.32. The van der Waals surface area contributed by atoms with Gasteiger partial charge in [-0.2, -0.15) is 0 Å². The highest BCUT2D eigenvalue weighted by Crippen LogP contribution is 2.36. The molecule has 0 fully saturated rings. The van der Waals surface area contributed by atoms with Crippen molar-refractivity contribution in [3.05, 3.63) is 66.9 Å². The Morgan fingerprint density at radius 2 is 1.42 bits per heavy atom. The van der Waals surface area contributed by atoms with Crippen LogP contribution in [0.2, 0.25) is 0 Å². The van der Waals surface area contributed by atoms with E-state index in [4.69, 9.17) is 4.74 Å². The van der Waals surface area contributed by atoms with Crippen molar-refractivity contribution in [3.63, 3.8) is 0 Å². The van der Waals surface area contributed by atoms with Gasteiger partial charge in [0, 0.05) is 23.0 Å². The van der Waals surface area contributed by atoms with Crippen molar-refractivity contribution < 1.29 is 4.74 Å². The van der Waals surface area contributed by atoms with Crippen LogP contribution in [0.15, 0.2) is 66.9 Å². The molecule has 2 heteroatoms. The molecule has 0 atom stereocenters. The maximum Gasteiger partial charge on any atom is 0.126 e. The van der Waals surface area contributed by atoms with E-state index >= 15 is 0 Å². The normalized spacial score (nSPS) is 10.4. The van der Waals surface area contributed by atoms with E-state index in [2.05, 4.69) is 35.3 Å². The Balaban J connectivity index is 2.21. The van der Waals surface area contributed by atoms with Gasteiger partial charge in [-0.25, -0.2) is 0 Å². The molecule has 94 valence electrons. The molecule has 3 rings (SSSR count). The predicted molar refractivity (Wildman–Crippen MR) is 78.2 cm³/mol. The monoisotopic (exact) mass is 249 g/mol. The molecule has 1 N–H and O–H groups in total. The van der Waals surface area contributed by atoms with Crippen LogP contribution in [0.5, 0.6) is 5.75 Å². The Morgan fingerprint density at radius 1 is 0.737 bits per heavy atom. The third-order valence-electron chi connectivity index (χ3n) is 3.21. The summed E-state index contributed by atoms with van der Waals surface area (Å²) in [7, 11) is 1.70. The summed E-state index contributed by atoms with van der Waals surface area (Å²) in [5, 5.41) is 0. The number of rotatable bonds is 3. The first-order chi connectivity index (χ1) is 9.40. The van der Waals surface area contributed by atoms with Crippen LogP contribution in [0.4, 0.5) is 0 Å². The Morgan fingerprint density at radius 3 is 2.11 bits per heavy atom. The number of methoxy groups -OCH3 is 1. The second-order valence-electron chi connectivity index (χ2n) is 4.33. The smallest absolute Gasteiger partial charge is 0.126 e. The summed E-state index contributed by atoms with van der Waals surface area (Å²) in [4.78, 5) is 3.26. The Kier molecular flexibility index (Phi) is 3.07. The number of H-pyrrole nitrogens is 1. The molecule has 0 amide bonds. The van der Waals surface area contributed by atoms with Crippen molar-refractivity contribution in [2.24, 2.45) is 0 Å². The van der Waals surface area contributed by atoms with Gasteiger partial charge in [0.1, 0.15) is 5.75 Å². The van der Waals surface area contributed by atoms with Crippen LogP contribution in [0.3, 0.4) is 0 Å². The van der Waals surface area contributed by atoms with Crippen LogP contribution in [0, 0.1) is 0 Å². The van der Waals surface area contributed by atoms with Crippen LogP contribution < -0.4 is 4.74 Å². The summed E-state index contributed by atoms with van der Waals surface area (Å²) < 4.78 is 5.46. The lowest BCUT2D eigenvalue weighted by molar-refractivity contribution is 0.416. The van der Waals surface area contributed by atoms with Crippen molar-refractivity contribution in [3.8, 4) is 28.1 Å². The Bertz CT molecular complexity index is 671. The first-order valence-electron chi connectivity index (χ1n) is 6.26. The average molecular weight is 249 g/mol. The summed E-state index contributed by atoms with van der Waals surface area (Å²) in [6, 6.07) is 20.5. The minimum Gasteiger partial charge on any atom is -0.496 e. The van der Waals surface area contributed by atoms with Gasteiger partial charge in [-0.3, -0.25) is 0 Å². The third-order valence-corrected chi connectivity index (χ3v) is 3.21. The number of aromatic amines is 1. The van der Waals surface area contributed by atoms with Crippen LogP contribution in [-0.2, 0) is 0 Å². The van der Waals surface area contributed by atoms with Crippen LogP contribution in [-0.4, -0.2) is 12.1 Å². The van der Waals surface area contributed by atoms with Crippen molar-refractivity contribution in [1.82, 2.24) is 4.98 Å². The number of para-hydroxylation sites is 1. The number of nitrogens with one attached hydrogen (secondary N) is 1. The highest BCUT2D eigenvalue weighted by atomic mass is 16.5. The van der Waals surface area contributed by atoms with Crippen LogP contribution in [0.1, 0.15) is 0 Å². The number of ether oxygens (including phenoxy) is 1. The quantitative estimate of drug-likeness (QED) is 0.733. The second kappa shape index (κ2) is 5.02. The number of benzene rings is 2. The van der Waals surface area contributed by atoms with Gasteiger partial charge in [-0.15, -0.1) is 0 Å². The summed E-state index contributed by atoms with van der Waals surface area (Å²) >= 11 is 0. The molecule has 1 heterocycles. The van der Waals surface area contributed by atoms with Crippen LogP contribution >= 0.6 is 0 Å². The highest BCUT2D eigenvalue weighted by molar-refractivity contribution is 5.84. The molecule has 0 aliphatic rings. The molecule has 0 saturated heterocycles. The zero-order chi connectivity index (χ0) is 13.1. The van der Waals surface area contributed by atoms with E-state index in [0.29, 0.717) is 0 Å². The summed E-state index contributed by atoms with van der Waals surface area (Å²) in [5.74, 6) is 0.890. The van der Waals surface area contributed by atoms with E-state index in [1.54, 1.807) is 7.11 Å². The molecular weight excluding hydrogens is 234 g/mol. The van der Waals surface area contributed by atoms with E-state index in [9.17, 15) is 0 Å². The molecule has 2 nitrogen and oxygen atoms in total. The maximum atomic E-state index is 5.46. The largest absolute Gasteiger partial charge is 0.496 e. The first-order valence-corrected chi connectivity index (χ1v) is 6.26. The average Bonchev–Trinajstić information content (AvgIpc) is 3.01. The van der Waals surface area contributed by atoms with E-state index in [1.165, 1.54) is 11.1 Å². The Hall–Kier alpha value is -2.48. The van der Waals surface area contributed by atoms with E-state index < -0.39 is 0 Å². The Labute approximate surface area is 112 Å². The first kappa shape index (κ1) is 11.6. The molecule has 0 aliphatic carbocycles. The summed E-state index contributed by atoms with van der Waals surface area (Å²) in [6.45, 7) is 0. The lowest BCUT2D eigenvalue weighted by Crippen LogP contribution is -1.90. The predicted octanol–water partition coefficient (Wildman–Crippen LogP) is 4.36. The molecule has 0 saturated carbocycles. The molecule has 0 bridgehead atoms. The van der Waals surface area contributed by atoms with Gasteiger partial charge in [-0.05, 0) is 23.8 Å². The summed E-state index contributed by atoms with van der Waals surface area (Å²) in [6.07, 6.45) is 1.94. The SMILES string of the molecule is COc1ccccc1-c1ccccc1-c1ccc[nH]1. The van der Waals surface area contributed by atoms with Gasteiger partial charge in [0.25, 0.3) is 0 Å². The van der Waals surface area contributed by atoms with Gasteiger partial charge in [0.2, 0.25) is 0 Å². The van der Waals surface area contributed by atoms with E-state index in [0.717, 1.165) is 17.0 Å². The lowest BCUT2D eigenvalue weighted by atomic mass is 9.97. The van der Waals surface area contributed by atoms with Gasteiger partial charge in [0.05, 0.1) is 7.11 Å². The molecule has 0 unspecified atom stereocenters. The minimum absolute atomic E-state index is 0.890. The molecule has 0 aliphatic heterocycles. The summed E-state index contributed by atoms with van der Waals surface area (Å²) in [5.41, 5.74) is 4.57. The standard InChI is InChI=1S/C17H15NO/c1-19-17-11-5-4-9-15(17)13-7-2-3-8-14(13)16-10-6-12-18-16/h2-12,18H,1H3. The number of hydrogen-bond acceptors (Lipinski definition) is 1. The van der Waals surface area contributed by atoms with Crippen molar-refractivity contribution in [2.75, 3.05) is 7.11 Å². The van der Waals surface area contributed by atoms with Gasteiger partial charge in [-0.1, -0.05) is 42.5 Å². The molecule has 3 aromatic rings. The molecule has 19 heavy (non-hydrogen) atoms. The second-order valence-corrected chi connectivity index (χ2v) is 4.33. The topological polar surface area (TPSA) is 25.0 Å². The molecular formula is C17H15NO. The lowest BCUT2D eigenvalue weighted by Gasteiger charge is -2.12. The van der Waals surface area contributed by atoms with Crippen molar-refractivity contribution in [2.45, 2.75) is 0 Å². The number of aromatic nitrogens is 1. The van der Waals surface area contributed by atoms with Gasteiger partial charge < -0.3 is 9.72 Å². The third kappa shape index (κ3) is 2.13. The highest BCUT2D eigenvalue weighted by Gasteiger charge is 2.10. The maximum absolute atomic E-state index is 5.46. The zero-order valence-electron chi connectivity index (χ0n) is 10.8. The van der Waals surface area contributed by atoms with Gasteiger partial charge >= 0.3 is 0 Å². The van der Waals surface area contributed by atoms with E-state index in [-0.39, 0.29) is 0 Å². The van der Waals surface area contributed by atoms with E-state index in [1.807, 2.05) is 36.5 Å². The van der Waals surface area contributed by atoms with Gasteiger partial charge in [0.15, 0.2) is 0 Å². The molecule has 1 aromatic heterocycles. The van der Waals surface area contributed by atoms with Crippen molar-refractivity contribution in [1.29, 1.82) is 0 Å². The minimum atomic E-state index is 0.890. The molecule has 0 radical (unpaired) electrons. The fraction of sp³-hybridized carbons (Fsp3) is 0.0588.